The third-order valence-electron chi connectivity index (χ3n) is 3.62. The number of nitrogens with one attached hydrogen (secondary N) is 2. The number of halogens is 3. The van der Waals surface area contributed by atoms with Crippen LogP contribution in [0.25, 0.3) is 0 Å². The normalized spacial score (nSPS) is 19.6. The number of carbonyl (C=O) groups is 1. The van der Waals surface area contributed by atoms with Crippen molar-refractivity contribution in [3.63, 3.8) is 0 Å². The fourth-order valence-electron chi connectivity index (χ4n) is 2.36. The minimum absolute atomic E-state index is 0.107. The highest BCUT2D eigenvalue weighted by molar-refractivity contribution is 5.74. The first kappa shape index (κ1) is 17.1. The lowest BCUT2D eigenvalue weighted by atomic mass is 10.0. The molecule has 1 aliphatic heterocycles. The van der Waals surface area contributed by atoms with Crippen molar-refractivity contribution in [2.45, 2.75) is 44.8 Å². The fourth-order valence-corrected chi connectivity index (χ4v) is 2.36. The van der Waals surface area contributed by atoms with Gasteiger partial charge in [-0.3, -0.25) is 0 Å². The van der Waals surface area contributed by atoms with Crippen molar-refractivity contribution >= 4 is 6.03 Å². The van der Waals surface area contributed by atoms with Gasteiger partial charge >= 0.3 is 12.2 Å². The lowest BCUT2D eigenvalue weighted by molar-refractivity contribution is -0.172. The average Bonchev–Trinajstić information content (AvgIpc) is 2.38. The van der Waals surface area contributed by atoms with Gasteiger partial charge in [-0.1, -0.05) is 6.92 Å². The summed E-state index contributed by atoms with van der Waals surface area (Å²) in [6, 6.07) is -0.759. The predicted octanol–water partition coefficient (Wildman–Crippen LogP) is 2.36. The molecule has 2 N–H and O–H groups in total. The molecule has 1 heterocycles. The van der Waals surface area contributed by atoms with Crippen LogP contribution < -0.4 is 10.6 Å². The quantitative estimate of drug-likeness (QED) is 0.818. The maximum Gasteiger partial charge on any atom is 0.391 e. The summed E-state index contributed by atoms with van der Waals surface area (Å²) in [6.45, 7) is 2.86. The molecule has 1 saturated heterocycles. The molecular formula is C13H24F3N3O. The first-order valence-corrected chi connectivity index (χ1v) is 7.11. The number of urea groups is 1. The number of carbonyl (C=O) groups excluding carboxylic acids is 1. The molecule has 0 aliphatic carbocycles. The van der Waals surface area contributed by atoms with E-state index in [4.69, 9.17) is 0 Å². The van der Waals surface area contributed by atoms with Crippen molar-refractivity contribution in [2.75, 3.05) is 26.7 Å². The minimum Gasteiger partial charge on any atom is -0.334 e. The molecule has 0 aromatic carbocycles. The summed E-state index contributed by atoms with van der Waals surface area (Å²) in [5, 5.41) is 5.55. The highest BCUT2D eigenvalue weighted by atomic mass is 19.4. The zero-order valence-electron chi connectivity index (χ0n) is 12.1. The zero-order chi connectivity index (χ0) is 15.2. The van der Waals surface area contributed by atoms with Crippen LogP contribution in [0.5, 0.6) is 0 Å². The second-order valence-electron chi connectivity index (χ2n) is 5.43. The van der Waals surface area contributed by atoms with Crippen molar-refractivity contribution in [1.29, 1.82) is 0 Å². The van der Waals surface area contributed by atoms with Crippen LogP contribution in [0, 0.1) is 5.92 Å². The smallest absolute Gasteiger partial charge is 0.334 e. The largest absolute Gasteiger partial charge is 0.391 e. The van der Waals surface area contributed by atoms with Crippen molar-refractivity contribution in [1.82, 2.24) is 15.5 Å². The Labute approximate surface area is 118 Å². The van der Waals surface area contributed by atoms with Gasteiger partial charge in [0.15, 0.2) is 0 Å². The van der Waals surface area contributed by atoms with Crippen LogP contribution in [0.1, 0.15) is 32.6 Å². The van der Waals surface area contributed by atoms with E-state index in [0.29, 0.717) is 19.6 Å². The summed E-state index contributed by atoms with van der Waals surface area (Å²) in [6.07, 6.45) is -1.30. The van der Waals surface area contributed by atoms with E-state index in [-0.39, 0.29) is 12.5 Å². The number of rotatable bonds is 5. The number of likely N-dealkylation sites (tertiary alicyclic amines) is 1. The predicted molar refractivity (Wildman–Crippen MR) is 71.5 cm³/mol. The second kappa shape index (κ2) is 7.71. The molecule has 1 aliphatic rings. The number of piperidine rings is 1. The summed E-state index contributed by atoms with van der Waals surface area (Å²) in [5.74, 6) is -1.43. The highest BCUT2D eigenvalue weighted by Crippen LogP contribution is 2.29. The van der Waals surface area contributed by atoms with Crippen molar-refractivity contribution in [3.8, 4) is 0 Å². The molecule has 0 spiro atoms. The van der Waals surface area contributed by atoms with Gasteiger partial charge in [-0.2, -0.15) is 13.2 Å². The van der Waals surface area contributed by atoms with Crippen LogP contribution in [-0.4, -0.2) is 49.8 Å². The molecule has 0 aromatic rings. The Balaban J connectivity index is 2.50. The Hall–Kier alpha value is -0.980. The Morgan fingerprint density at radius 2 is 1.85 bits per heavy atom. The minimum atomic E-state index is -4.22. The molecule has 4 nitrogen and oxygen atoms in total. The van der Waals surface area contributed by atoms with E-state index in [1.807, 2.05) is 0 Å². The molecule has 1 fully saturated rings. The lowest BCUT2D eigenvalue weighted by Crippen LogP contribution is -2.50. The van der Waals surface area contributed by atoms with E-state index in [2.05, 4.69) is 10.6 Å². The maximum absolute atomic E-state index is 12.6. The van der Waals surface area contributed by atoms with Crippen LogP contribution in [0.2, 0.25) is 0 Å². The molecule has 0 bridgehead atoms. The number of nitrogens with zero attached hydrogens (tertiary/aromatic N) is 1. The molecule has 0 saturated carbocycles. The van der Waals surface area contributed by atoms with E-state index in [1.54, 1.807) is 11.9 Å². The molecule has 0 radical (unpaired) electrons. The Morgan fingerprint density at radius 1 is 1.25 bits per heavy atom. The van der Waals surface area contributed by atoms with Crippen LogP contribution in [-0.2, 0) is 0 Å². The van der Waals surface area contributed by atoms with Gasteiger partial charge in [-0.25, -0.2) is 4.79 Å². The topological polar surface area (TPSA) is 44.4 Å². The number of hydrogen-bond acceptors (Lipinski definition) is 2. The number of hydrogen-bond donors (Lipinski definition) is 2. The van der Waals surface area contributed by atoms with Crippen molar-refractivity contribution in [2.24, 2.45) is 5.92 Å². The van der Waals surface area contributed by atoms with Gasteiger partial charge in [0.2, 0.25) is 0 Å². The average molecular weight is 295 g/mol. The van der Waals surface area contributed by atoms with E-state index >= 15 is 0 Å². The van der Waals surface area contributed by atoms with Gasteiger partial charge in [-0.05, 0) is 32.7 Å². The van der Waals surface area contributed by atoms with Gasteiger partial charge in [0, 0.05) is 25.7 Å². The Bertz CT molecular complexity index is 304. The Morgan fingerprint density at radius 3 is 2.35 bits per heavy atom. The van der Waals surface area contributed by atoms with E-state index in [1.165, 1.54) is 0 Å². The first-order valence-electron chi connectivity index (χ1n) is 7.11. The molecule has 2 amide bonds. The van der Waals surface area contributed by atoms with Crippen LogP contribution >= 0.6 is 0 Å². The second-order valence-corrected chi connectivity index (χ2v) is 5.43. The monoisotopic (exact) mass is 295 g/mol. The van der Waals surface area contributed by atoms with Gasteiger partial charge in [0.25, 0.3) is 0 Å². The number of alkyl halides is 3. The summed E-state index contributed by atoms with van der Waals surface area (Å²) < 4.78 is 37.8. The molecule has 0 aromatic heterocycles. The lowest BCUT2D eigenvalue weighted by Gasteiger charge is -2.30. The third kappa shape index (κ3) is 5.56. The summed E-state index contributed by atoms with van der Waals surface area (Å²) in [4.78, 5) is 13.7. The van der Waals surface area contributed by atoms with Crippen LogP contribution in [0.15, 0.2) is 0 Å². The summed E-state index contributed by atoms with van der Waals surface area (Å²) >= 11 is 0. The molecule has 20 heavy (non-hydrogen) atoms. The molecule has 2 atom stereocenters. The number of likely N-dealkylation sites (N-methyl/N-ethyl adjacent to an activating group) is 1. The molecule has 1 rings (SSSR count). The van der Waals surface area contributed by atoms with Gasteiger partial charge in [0.1, 0.15) is 0 Å². The van der Waals surface area contributed by atoms with Gasteiger partial charge in [0.05, 0.1) is 5.92 Å². The van der Waals surface area contributed by atoms with Crippen molar-refractivity contribution in [3.05, 3.63) is 0 Å². The van der Waals surface area contributed by atoms with Crippen LogP contribution in [0.4, 0.5) is 18.0 Å². The molecule has 118 valence electrons. The van der Waals surface area contributed by atoms with E-state index < -0.39 is 18.1 Å². The fraction of sp³-hybridized carbons (Fsp3) is 0.923. The highest BCUT2D eigenvalue weighted by Gasteiger charge is 2.37. The summed E-state index contributed by atoms with van der Waals surface area (Å²) in [5.41, 5.74) is 0. The first-order chi connectivity index (χ1) is 9.34. The van der Waals surface area contributed by atoms with Gasteiger partial charge < -0.3 is 15.5 Å². The van der Waals surface area contributed by atoms with Crippen LogP contribution in [0.3, 0.4) is 0 Å². The molecular weight excluding hydrogens is 271 g/mol. The summed E-state index contributed by atoms with van der Waals surface area (Å²) in [7, 11) is 1.66. The maximum atomic E-state index is 12.6. The molecule has 1 unspecified atom stereocenters. The zero-order valence-corrected chi connectivity index (χ0v) is 12.1. The number of amides is 2. The standard InChI is InChI=1S/C13H24F3N3O/c1-10(13(14,15)16)8-11(9-17-2)18-12(20)19-6-4-3-5-7-19/h10-11,17H,3-9H2,1-2H3,(H,18,20)/t10?,11-/m0/s1. The Kier molecular flexibility index (Phi) is 6.58. The third-order valence-corrected chi connectivity index (χ3v) is 3.62. The van der Waals surface area contributed by atoms with E-state index in [0.717, 1.165) is 26.2 Å². The van der Waals surface area contributed by atoms with Crippen molar-refractivity contribution < 1.29 is 18.0 Å². The van der Waals surface area contributed by atoms with E-state index in [9.17, 15) is 18.0 Å². The SMILES string of the molecule is CNC[C@H](CC(C)C(F)(F)F)NC(=O)N1CCCCC1. The molecule has 7 heteroatoms. The van der Waals surface area contributed by atoms with Gasteiger partial charge in [-0.15, -0.1) is 0 Å².